The van der Waals surface area contributed by atoms with Gasteiger partial charge in [0.1, 0.15) is 6.04 Å². The fraction of sp³-hybridized carbons (Fsp3) is 0.833. The SMILES string of the molecule is N#C[C@H]1NC[C@@H](O)C[C@H]1O. The zero-order valence-electron chi connectivity index (χ0n) is 5.49. The van der Waals surface area contributed by atoms with E-state index < -0.39 is 18.2 Å². The van der Waals surface area contributed by atoms with E-state index in [4.69, 9.17) is 15.5 Å². The van der Waals surface area contributed by atoms with E-state index in [-0.39, 0.29) is 0 Å². The van der Waals surface area contributed by atoms with Gasteiger partial charge in [0.25, 0.3) is 0 Å². The fourth-order valence-electron chi connectivity index (χ4n) is 1.03. The van der Waals surface area contributed by atoms with Crippen LogP contribution in [0.25, 0.3) is 0 Å². The Balaban J connectivity index is 2.45. The molecule has 3 atom stereocenters. The first-order valence-corrected chi connectivity index (χ1v) is 3.23. The Labute approximate surface area is 59.1 Å². The van der Waals surface area contributed by atoms with E-state index in [2.05, 4.69) is 5.32 Å². The molecule has 0 aromatic rings. The van der Waals surface area contributed by atoms with Gasteiger partial charge in [0, 0.05) is 13.0 Å². The number of rotatable bonds is 0. The molecule has 4 heteroatoms. The molecule has 0 unspecified atom stereocenters. The number of nitriles is 1. The number of aliphatic hydroxyl groups is 2. The Morgan fingerprint density at radius 1 is 1.50 bits per heavy atom. The maximum absolute atomic E-state index is 9.09. The highest BCUT2D eigenvalue weighted by Gasteiger charge is 2.26. The van der Waals surface area contributed by atoms with Crippen LogP contribution in [-0.4, -0.2) is 35.0 Å². The van der Waals surface area contributed by atoms with Crippen molar-refractivity contribution < 1.29 is 10.2 Å². The van der Waals surface area contributed by atoms with Crippen molar-refractivity contribution in [3.05, 3.63) is 0 Å². The Morgan fingerprint density at radius 2 is 2.20 bits per heavy atom. The summed E-state index contributed by atoms with van der Waals surface area (Å²) in [7, 11) is 0. The number of hydrogen-bond donors (Lipinski definition) is 3. The summed E-state index contributed by atoms with van der Waals surface area (Å²) >= 11 is 0. The Bertz CT molecular complexity index is 154. The average Bonchev–Trinajstić information content (AvgIpc) is 1.88. The number of nitrogens with zero attached hydrogens (tertiary/aromatic N) is 1. The molecule has 1 saturated heterocycles. The van der Waals surface area contributed by atoms with Crippen LogP contribution < -0.4 is 5.32 Å². The summed E-state index contributed by atoms with van der Waals surface area (Å²) in [6.07, 6.45) is -0.945. The Morgan fingerprint density at radius 3 is 2.70 bits per heavy atom. The summed E-state index contributed by atoms with van der Waals surface area (Å²) < 4.78 is 0. The smallest absolute Gasteiger partial charge is 0.122 e. The molecule has 1 aliphatic rings. The van der Waals surface area contributed by atoms with E-state index in [9.17, 15) is 0 Å². The van der Waals surface area contributed by atoms with Gasteiger partial charge in [-0.3, -0.25) is 5.32 Å². The summed E-state index contributed by atoms with van der Waals surface area (Å²) in [4.78, 5) is 0. The normalized spacial score (nSPS) is 40.7. The van der Waals surface area contributed by atoms with Crippen LogP contribution in [0.5, 0.6) is 0 Å². The zero-order valence-corrected chi connectivity index (χ0v) is 5.49. The van der Waals surface area contributed by atoms with Crippen LogP contribution in [0.3, 0.4) is 0 Å². The first kappa shape index (κ1) is 7.48. The molecular weight excluding hydrogens is 132 g/mol. The van der Waals surface area contributed by atoms with E-state index >= 15 is 0 Å². The highest BCUT2D eigenvalue weighted by molar-refractivity contribution is 4.99. The molecule has 56 valence electrons. The van der Waals surface area contributed by atoms with Crippen molar-refractivity contribution in [1.29, 1.82) is 5.26 Å². The van der Waals surface area contributed by atoms with Crippen LogP contribution in [-0.2, 0) is 0 Å². The second-order valence-corrected chi connectivity index (χ2v) is 2.47. The van der Waals surface area contributed by atoms with Crippen LogP contribution in [0, 0.1) is 11.3 Å². The molecule has 0 aromatic heterocycles. The summed E-state index contributed by atoms with van der Waals surface area (Å²) in [6.45, 7) is 0.398. The van der Waals surface area contributed by atoms with Gasteiger partial charge in [0.15, 0.2) is 0 Å². The quantitative estimate of drug-likeness (QED) is 0.388. The van der Waals surface area contributed by atoms with Crippen molar-refractivity contribution in [2.75, 3.05) is 6.54 Å². The largest absolute Gasteiger partial charge is 0.392 e. The molecule has 0 amide bonds. The molecule has 0 bridgehead atoms. The number of aliphatic hydroxyl groups excluding tert-OH is 2. The minimum atomic E-state index is -0.728. The maximum atomic E-state index is 9.09. The molecule has 0 aromatic carbocycles. The van der Waals surface area contributed by atoms with Gasteiger partial charge in [0.05, 0.1) is 18.3 Å². The van der Waals surface area contributed by atoms with Gasteiger partial charge in [-0.05, 0) is 0 Å². The van der Waals surface area contributed by atoms with Crippen LogP contribution in [0.15, 0.2) is 0 Å². The van der Waals surface area contributed by atoms with Gasteiger partial charge in [-0.25, -0.2) is 0 Å². The summed E-state index contributed by atoms with van der Waals surface area (Å²) in [5, 5.41) is 29.2. The standard InChI is InChI=1S/C6H10N2O2/c7-2-5-6(10)1-4(9)3-8-5/h4-6,8-10H,1,3H2/t4-,5+,6+/m0/s1. The number of β-amino-alcohol motifs (C(OH)–C–C–N with tert-alkyl or cyclic N) is 1. The topological polar surface area (TPSA) is 76.3 Å². The van der Waals surface area contributed by atoms with Crippen molar-refractivity contribution in [3.8, 4) is 6.07 Å². The minimum absolute atomic E-state index is 0.297. The second-order valence-electron chi connectivity index (χ2n) is 2.47. The summed E-state index contributed by atoms with van der Waals surface area (Å²) in [6, 6.07) is 1.39. The van der Waals surface area contributed by atoms with E-state index in [0.717, 1.165) is 0 Å². The van der Waals surface area contributed by atoms with Crippen LogP contribution in [0.1, 0.15) is 6.42 Å². The van der Waals surface area contributed by atoms with Gasteiger partial charge in [-0.2, -0.15) is 5.26 Å². The van der Waals surface area contributed by atoms with Crippen LogP contribution in [0.4, 0.5) is 0 Å². The fourth-order valence-corrected chi connectivity index (χ4v) is 1.03. The first-order valence-electron chi connectivity index (χ1n) is 3.23. The Kier molecular flexibility index (Phi) is 2.22. The summed E-state index contributed by atoms with van der Waals surface area (Å²) in [5.74, 6) is 0. The van der Waals surface area contributed by atoms with Gasteiger partial charge < -0.3 is 10.2 Å². The second kappa shape index (κ2) is 2.97. The Hall–Kier alpha value is -0.630. The molecule has 0 radical (unpaired) electrons. The third kappa shape index (κ3) is 1.45. The average molecular weight is 142 g/mol. The molecule has 0 aliphatic carbocycles. The van der Waals surface area contributed by atoms with Crippen molar-refractivity contribution in [3.63, 3.8) is 0 Å². The first-order chi connectivity index (χ1) is 4.74. The molecule has 1 fully saturated rings. The van der Waals surface area contributed by atoms with Crippen molar-refractivity contribution in [2.24, 2.45) is 0 Å². The van der Waals surface area contributed by atoms with E-state index in [1.165, 1.54) is 0 Å². The number of piperidine rings is 1. The van der Waals surface area contributed by atoms with Gasteiger partial charge >= 0.3 is 0 Å². The molecular formula is C6H10N2O2. The lowest BCUT2D eigenvalue weighted by Gasteiger charge is -2.27. The van der Waals surface area contributed by atoms with Gasteiger partial charge in [-0.1, -0.05) is 0 Å². The monoisotopic (exact) mass is 142 g/mol. The predicted octanol–water partition coefficient (Wildman–Crippen LogP) is -1.41. The lowest BCUT2D eigenvalue weighted by Crippen LogP contribution is -2.49. The number of hydrogen-bond acceptors (Lipinski definition) is 4. The van der Waals surface area contributed by atoms with Gasteiger partial charge in [-0.15, -0.1) is 0 Å². The molecule has 1 aliphatic heterocycles. The highest BCUT2D eigenvalue weighted by Crippen LogP contribution is 2.07. The third-order valence-electron chi connectivity index (χ3n) is 1.61. The minimum Gasteiger partial charge on any atom is -0.392 e. The van der Waals surface area contributed by atoms with E-state index in [1.54, 1.807) is 0 Å². The van der Waals surface area contributed by atoms with Crippen molar-refractivity contribution >= 4 is 0 Å². The molecule has 4 nitrogen and oxygen atoms in total. The lowest BCUT2D eigenvalue weighted by molar-refractivity contribution is 0.0368. The van der Waals surface area contributed by atoms with Crippen LogP contribution >= 0.6 is 0 Å². The molecule has 1 heterocycles. The van der Waals surface area contributed by atoms with Crippen molar-refractivity contribution in [1.82, 2.24) is 5.32 Å². The molecule has 10 heavy (non-hydrogen) atoms. The van der Waals surface area contributed by atoms with Crippen molar-refractivity contribution in [2.45, 2.75) is 24.7 Å². The summed E-state index contributed by atoms with van der Waals surface area (Å²) in [5.41, 5.74) is 0. The van der Waals surface area contributed by atoms with Crippen LogP contribution in [0.2, 0.25) is 0 Å². The lowest BCUT2D eigenvalue weighted by atomic mass is 10.0. The molecule has 0 spiro atoms. The predicted molar refractivity (Wildman–Crippen MR) is 34.0 cm³/mol. The van der Waals surface area contributed by atoms with Gasteiger partial charge in [0.2, 0.25) is 0 Å². The van der Waals surface area contributed by atoms with E-state index in [1.807, 2.05) is 6.07 Å². The third-order valence-corrected chi connectivity index (χ3v) is 1.61. The highest BCUT2D eigenvalue weighted by atomic mass is 16.3. The number of nitrogens with one attached hydrogen (secondary N) is 1. The zero-order chi connectivity index (χ0) is 7.56. The molecule has 3 N–H and O–H groups in total. The molecule has 1 rings (SSSR count). The maximum Gasteiger partial charge on any atom is 0.122 e. The van der Waals surface area contributed by atoms with E-state index in [0.29, 0.717) is 13.0 Å². The molecule has 0 saturated carbocycles.